The molecule has 1 N–H and O–H groups in total. The van der Waals surface area contributed by atoms with Gasteiger partial charge in [0.05, 0.1) is 12.2 Å². The lowest BCUT2D eigenvalue weighted by Gasteiger charge is -2.42. The molecule has 0 amide bonds. The number of likely N-dealkylation sites (tertiary alicyclic amines) is 1. The number of nitrogens with zero attached hydrogens (tertiary/aromatic N) is 3. The minimum atomic E-state index is 0.131. The highest BCUT2D eigenvalue weighted by molar-refractivity contribution is 5.17. The van der Waals surface area contributed by atoms with Gasteiger partial charge < -0.3 is 5.32 Å². The molecule has 1 aromatic heterocycles. The van der Waals surface area contributed by atoms with Crippen molar-refractivity contribution in [3.8, 4) is 0 Å². The Kier molecular flexibility index (Phi) is 5.82. The summed E-state index contributed by atoms with van der Waals surface area (Å²) >= 11 is 0. The molecule has 1 atom stereocenters. The van der Waals surface area contributed by atoms with Crippen molar-refractivity contribution >= 4 is 0 Å². The lowest BCUT2D eigenvalue weighted by atomic mass is 9.88. The highest BCUT2D eigenvalue weighted by Crippen LogP contribution is 2.33. The molecule has 1 aromatic rings. The Morgan fingerprint density at radius 3 is 2.57 bits per heavy atom. The minimum absolute atomic E-state index is 0.131. The van der Waals surface area contributed by atoms with E-state index < -0.39 is 0 Å². The number of rotatable bonds is 8. The second kappa shape index (κ2) is 7.41. The number of nitrogens with one attached hydrogen (secondary N) is 1. The summed E-state index contributed by atoms with van der Waals surface area (Å²) in [5.41, 5.74) is 1.46. The number of hydrogen-bond donors (Lipinski definition) is 1. The van der Waals surface area contributed by atoms with Gasteiger partial charge in [-0.05, 0) is 59.2 Å². The quantitative estimate of drug-likeness (QED) is 0.798. The third-order valence-corrected chi connectivity index (χ3v) is 4.67. The number of hydrogen-bond acceptors (Lipinski definition) is 3. The van der Waals surface area contributed by atoms with Gasteiger partial charge in [-0.25, -0.2) is 0 Å². The first kappa shape index (κ1) is 16.5. The third kappa shape index (κ3) is 3.86. The van der Waals surface area contributed by atoms with Crippen LogP contribution in [0.25, 0.3) is 0 Å². The molecule has 1 aliphatic rings. The SMILES string of the molecule is CCCNC(c1cnn(CCC)c1)C(C)(C)N1CCCC1. The van der Waals surface area contributed by atoms with Crippen LogP contribution in [0.1, 0.15) is 65.0 Å². The molecule has 1 saturated heterocycles. The van der Waals surface area contributed by atoms with E-state index in [2.05, 4.69) is 60.1 Å². The average molecular weight is 292 g/mol. The van der Waals surface area contributed by atoms with Gasteiger partial charge in [0.2, 0.25) is 0 Å². The predicted molar refractivity (Wildman–Crippen MR) is 88.4 cm³/mol. The lowest BCUT2D eigenvalue weighted by Crippen LogP contribution is -2.51. The second-order valence-electron chi connectivity index (χ2n) is 6.77. The summed E-state index contributed by atoms with van der Waals surface area (Å²) in [6, 6.07) is 0.348. The maximum absolute atomic E-state index is 4.53. The highest BCUT2D eigenvalue weighted by atomic mass is 15.3. The Morgan fingerprint density at radius 2 is 1.95 bits per heavy atom. The van der Waals surface area contributed by atoms with Gasteiger partial charge >= 0.3 is 0 Å². The predicted octanol–water partition coefficient (Wildman–Crippen LogP) is 3.21. The van der Waals surface area contributed by atoms with Crippen molar-refractivity contribution in [2.75, 3.05) is 19.6 Å². The maximum Gasteiger partial charge on any atom is 0.0538 e. The van der Waals surface area contributed by atoms with Gasteiger partial charge in [0.1, 0.15) is 0 Å². The van der Waals surface area contributed by atoms with E-state index in [-0.39, 0.29) is 5.54 Å². The van der Waals surface area contributed by atoms with Gasteiger partial charge in [0.25, 0.3) is 0 Å². The van der Waals surface area contributed by atoms with Crippen molar-refractivity contribution in [3.63, 3.8) is 0 Å². The van der Waals surface area contributed by atoms with Crippen molar-refractivity contribution in [2.24, 2.45) is 0 Å². The summed E-state index contributed by atoms with van der Waals surface area (Å²) in [5, 5.41) is 8.30. The summed E-state index contributed by atoms with van der Waals surface area (Å²) in [4.78, 5) is 2.64. The van der Waals surface area contributed by atoms with Crippen LogP contribution in [0.3, 0.4) is 0 Å². The molecule has 1 fully saturated rings. The van der Waals surface area contributed by atoms with E-state index in [1.165, 1.54) is 31.5 Å². The van der Waals surface area contributed by atoms with Crippen LogP contribution in [0.2, 0.25) is 0 Å². The van der Waals surface area contributed by atoms with E-state index in [4.69, 9.17) is 0 Å². The number of aromatic nitrogens is 2. The van der Waals surface area contributed by atoms with Crippen LogP contribution in [0.4, 0.5) is 0 Å². The van der Waals surface area contributed by atoms with Gasteiger partial charge in [0, 0.05) is 23.8 Å². The van der Waals surface area contributed by atoms with Crippen LogP contribution in [0.15, 0.2) is 12.4 Å². The summed E-state index contributed by atoms with van der Waals surface area (Å²) in [7, 11) is 0. The first-order valence-electron chi connectivity index (χ1n) is 8.60. The molecular formula is C17H32N4. The Labute approximate surface area is 129 Å². The Morgan fingerprint density at radius 1 is 1.24 bits per heavy atom. The zero-order valence-corrected chi connectivity index (χ0v) is 14.2. The maximum atomic E-state index is 4.53. The fourth-order valence-corrected chi connectivity index (χ4v) is 3.42. The van der Waals surface area contributed by atoms with Crippen LogP contribution < -0.4 is 5.32 Å². The molecule has 1 aliphatic heterocycles. The molecular weight excluding hydrogens is 260 g/mol. The summed E-state index contributed by atoms with van der Waals surface area (Å²) < 4.78 is 2.08. The van der Waals surface area contributed by atoms with Crippen LogP contribution in [-0.4, -0.2) is 39.9 Å². The minimum Gasteiger partial charge on any atom is -0.308 e. The molecule has 0 aliphatic carbocycles. The topological polar surface area (TPSA) is 33.1 Å². The monoisotopic (exact) mass is 292 g/mol. The van der Waals surface area contributed by atoms with E-state index in [1.807, 2.05) is 0 Å². The molecule has 21 heavy (non-hydrogen) atoms. The van der Waals surface area contributed by atoms with Crippen LogP contribution in [-0.2, 0) is 6.54 Å². The zero-order chi connectivity index (χ0) is 15.3. The van der Waals surface area contributed by atoms with Crippen molar-refractivity contribution < 1.29 is 0 Å². The van der Waals surface area contributed by atoms with E-state index in [9.17, 15) is 0 Å². The van der Waals surface area contributed by atoms with E-state index in [0.29, 0.717) is 6.04 Å². The van der Waals surface area contributed by atoms with Crippen molar-refractivity contribution in [2.45, 2.75) is 71.5 Å². The van der Waals surface area contributed by atoms with Gasteiger partial charge in [-0.3, -0.25) is 9.58 Å². The average Bonchev–Trinajstić information content (AvgIpc) is 3.11. The van der Waals surface area contributed by atoms with Crippen LogP contribution >= 0.6 is 0 Å². The van der Waals surface area contributed by atoms with Crippen molar-refractivity contribution in [3.05, 3.63) is 18.0 Å². The molecule has 0 radical (unpaired) electrons. The summed E-state index contributed by atoms with van der Waals surface area (Å²) in [5.74, 6) is 0. The molecule has 0 saturated carbocycles. The Balaban J connectivity index is 2.19. The van der Waals surface area contributed by atoms with E-state index in [1.54, 1.807) is 0 Å². The molecule has 1 unspecified atom stereocenters. The third-order valence-electron chi connectivity index (χ3n) is 4.67. The molecule has 2 heterocycles. The first-order valence-corrected chi connectivity index (χ1v) is 8.60. The van der Waals surface area contributed by atoms with Gasteiger partial charge in [0.15, 0.2) is 0 Å². The fraction of sp³-hybridized carbons (Fsp3) is 0.824. The van der Waals surface area contributed by atoms with E-state index in [0.717, 1.165) is 25.9 Å². The molecule has 120 valence electrons. The standard InChI is InChI=1S/C17H32N4/c1-5-9-18-16(15-13-19-21(14-15)10-6-2)17(3,4)20-11-7-8-12-20/h13-14,16,18H,5-12H2,1-4H3. The summed E-state index contributed by atoms with van der Waals surface area (Å²) in [6.45, 7) is 13.7. The largest absolute Gasteiger partial charge is 0.308 e. The van der Waals surface area contributed by atoms with Crippen molar-refractivity contribution in [1.82, 2.24) is 20.0 Å². The molecule has 4 heteroatoms. The van der Waals surface area contributed by atoms with E-state index >= 15 is 0 Å². The highest BCUT2D eigenvalue weighted by Gasteiger charge is 2.37. The molecule has 2 rings (SSSR count). The first-order chi connectivity index (χ1) is 10.1. The zero-order valence-electron chi connectivity index (χ0n) is 14.2. The molecule has 0 aromatic carbocycles. The Hall–Kier alpha value is -0.870. The smallest absolute Gasteiger partial charge is 0.0538 e. The second-order valence-corrected chi connectivity index (χ2v) is 6.77. The lowest BCUT2D eigenvalue weighted by molar-refractivity contribution is 0.107. The molecule has 0 bridgehead atoms. The van der Waals surface area contributed by atoms with Crippen LogP contribution in [0.5, 0.6) is 0 Å². The van der Waals surface area contributed by atoms with Gasteiger partial charge in [-0.15, -0.1) is 0 Å². The Bertz CT molecular complexity index is 418. The molecule has 4 nitrogen and oxygen atoms in total. The van der Waals surface area contributed by atoms with Gasteiger partial charge in [-0.1, -0.05) is 13.8 Å². The normalized spacial score (nSPS) is 18.3. The van der Waals surface area contributed by atoms with Crippen molar-refractivity contribution in [1.29, 1.82) is 0 Å². The molecule has 0 spiro atoms. The van der Waals surface area contributed by atoms with Gasteiger partial charge in [-0.2, -0.15) is 5.10 Å². The fourth-order valence-electron chi connectivity index (χ4n) is 3.42. The van der Waals surface area contributed by atoms with Crippen LogP contribution in [0, 0.1) is 0 Å². The number of aryl methyl sites for hydroxylation is 1. The summed E-state index contributed by atoms with van der Waals surface area (Å²) in [6.07, 6.45) is 9.24.